The minimum atomic E-state index is -1.03. The van der Waals surface area contributed by atoms with Crippen LogP contribution < -0.4 is 10.1 Å². The highest BCUT2D eigenvalue weighted by Gasteiger charge is 2.45. The van der Waals surface area contributed by atoms with Crippen LogP contribution in [0.5, 0.6) is 11.6 Å². The fraction of sp³-hybridized carbons (Fsp3) is 0.350. The number of aromatic nitrogens is 4. The van der Waals surface area contributed by atoms with E-state index in [2.05, 4.69) is 20.5 Å². The molecule has 3 fully saturated rings. The van der Waals surface area contributed by atoms with Crippen molar-refractivity contribution in [3.63, 3.8) is 0 Å². The molecular weight excluding hydrogens is 361 g/mol. The topological polar surface area (TPSA) is 85.1 Å². The Morgan fingerprint density at radius 2 is 2.11 bits per heavy atom. The number of aromatic hydroxyl groups is 1. The van der Waals surface area contributed by atoms with E-state index in [1.165, 1.54) is 0 Å². The number of hydrogen-bond acceptors (Lipinski definition) is 6. The molecule has 144 valence electrons. The van der Waals surface area contributed by atoms with Crippen LogP contribution >= 0.6 is 0 Å². The van der Waals surface area contributed by atoms with Gasteiger partial charge >= 0.3 is 0 Å². The highest BCUT2D eigenvalue weighted by atomic mass is 19.1. The van der Waals surface area contributed by atoms with E-state index in [1.54, 1.807) is 47.6 Å². The maximum atomic E-state index is 14.5. The summed E-state index contributed by atoms with van der Waals surface area (Å²) in [5, 5.41) is 21.9. The summed E-state index contributed by atoms with van der Waals surface area (Å²) in [6.45, 7) is 0.776. The molecule has 4 heterocycles. The highest BCUT2D eigenvalue weighted by Crippen LogP contribution is 2.35. The summed E-state index contributed by atoms with van der Waals surface area (Å²) in [7, 11) is 0. The zero-order chi connectivity index (χ0) is 19.1. The number of nitrogens with one attached hydrogen (secondary N) is 1. The lowest BCUT2D eigenvalue weighted by molar-refractivity contribution is -0.0353. The molecule has 3 aliphatic rings. The molecule has 4 atom stereocenters. The van der Waals surface area contributed by atoms with Crippen molar-refractivity contribution in [1.82, 2.24) is 25.1 Å². The van der Waals surface area contributed by atoms with Crippen molar-refractivity contribution in [3.8, 4) is 28.6 Å². The second-order valence-electron chi connectivity index (χ2n) is 7.31. The van der Waals surface area contributed by atoms with Crippen LogP contribution in [0.1, 0.15) is 12.8 Å². The number of halogens is 1. The zero-order valence-corrected chi connectivity index (χ0v) is 15.1. The van der Waals surface area contributed by atoms with Gasteiger partial charge in [-0.1, -0.05) is 0 Å². The van der Waals surface area contributed by atoms with Crippen LogP contribution in [0, 0.1) is 5.92 Å². The molecule has 0 radical (unpaired) electrons. The minimum Gasteiger partial charge on any atom is -0.507 e. The fourth-order valence-corrected chi connectivity index (χ4v) is 4.08. The van der Waals surface area contributed by atoms with E-state index in [0.29, 0.717) is 17.1 Å². The molecule has 3 aromatic rings. The molecule has 28 heavy (non-hydrogen) atoms. The minimum absolute atomic E-state index is 0.0913. The number of imidazole rings is 1. The van der Waals surface area contributed by atoms with Gasteiger partial charge in [0.1, 0.15) is 11.9 Å². The Hall–Kier alpha value is -3.00. The van der Waals surface area contributed by atoms with Crippen molar-refractivity contribution in [2.75, 3.05) is 6.54 Å². The van der Waals surface area contributed by atoms with Crippen LogP contribution in [-0.4, -0.2) is 49.7 Å². The number of hydrogen-bond donors (Lipinski definition) is 2. The SMILES string of the molecule is Oc1cc(-n2ccnc2)ccc1-c1ccc(O[C@H]2C3CCC(NC3)[C@@H]2F)nn1. The van der Waals surface area contributed by atoms with Gasteiger partial charge in [-0.2, -0.15) is 0 Å². The van der Waals surface area contributed by atoms with Crippen LogP contribution in [0.3, 0.4) is 0 Å². The molecule has 2 aromatic heterocycles. The molecule has 8 heteroatoms. The molecule has 1 saturated carbocycles. The molecule has 2 saturated heterocycles. The first-order valence-corrected chi connectivity index (χ1v) is 9.38. The van der Waals surface area contributed by atoms with Gasteiger partial charge in [0.15, 0.2) is 6.17 Å². The van der Waals surface area contributed by atoms with Crippen LogP contribution in [0.15, 0.2) is 49.1 Å². The van der Waals surface area contributed by atoms with E-state index in [9.17, 15) is 9.50 Å². The summed E-state index contributed by atoms with van der Waals surface area (Å²) >= 11 is 0. The van der Waals surface area contributed by atoms with Gasteiger partial charge in [-0.25, -0.2) is 9.37 Å². The molecule has 2 aliphatic heterocycles. The molecule has 1 aromatic carbocycles. The highest BCUT2D eigenvalue weighted by molar-refractivity contribution is 5.68. The third-order valence-corrected chi connectivity index (χ3v) is 5.61. The summed E-state index contributed by atoms with van der Waals surface area (Å²) in [4.78, 5) is 4.00. The Labute approximate surface area is 161 Å². The smallest absolute Gasteiger partial charge is 0.233 e. The van der Waals surface area contributed by atoms with Crippen LogP contribution in [0.25, 0.3) is 16.9 Å². The maximum absolute atomic E-state index is 14.5. The number of piperidine rings is 2. The van der Waals surface area contributed by atoms with Gasteiger partial charge in [-0.15, -0.1) is 10.2 Å². The van der Waals surface area contributed by atoms with Gasteiger partial charge in [0, 0.05) is 48.6 Å². The zero-order valence-electron chi connectivity index (χ0n) is 15.1. The number of nitrogens with zero attached hydrogens (tertiary/aromatic N) is 4. The molecule has 2 unspecified atom stereocenters. The Balaban J connectivity index is 1.34. The molecule has 2 N–H and O–H groups in total. The third-order valence-electron chi connectivity index (χ3n) is 5.61. The van der Waals surface area contributed by atoms with Crippen molar-refractivity contribution in [2.24, 2.45) is 5.92 Å². The van der Waals surface area contributed by atoms with Crippen molar-refractivity contribution < 1.29 is 14.2 Å². The molecule has 7 nitrogen and oxygen atoms in total. The van der Waals surface area contributed by atoms with Gasteiger partial charge in [-0.3, -0.25) is 0 Å². The van der Waals surface area contributed by atoms with Crippen LogP contribution in [0.4, 0.5) is 4.39 Å². The van der Waals surface area contributed by atoms with E-state index in [4.69, 9.17) is 4.74 Å². The summed E-state index contributed by atoms with van der Waals surface area (Å²) in [5.74, 6) is 0.549. The van der Waals surface area contributed by atoms with Crippen molar-refractivity contribution in [1.29, 1.82) is 0 Å². The fourth-order valence-electron chi connectivity index (χ4n) is 4.08. The predicted molar refractivity (Wildman–Crippen MR) is 100 cm³/mol. The van der Waals surface area contributed by atoms with Gasteiger partial charge in [0.2, 0.25) is 5.88 Å². The molecular formula is C20H20FN5O2. The quantitative estimate of drug-likeness (QED) is 0.722. The average Bonchev–Trinajstić information content (AvgIpc) is 3.27. The van der Waals surface area contributed by atoms with Crippen LogP contribution in [-0.2, 0) is 0 Å². The first-order valence-electron chi connectivity index (χ1n) is 9.38. The predicted octanol–water partition coefficient (Wildman–Crippen LogP) is 2.50. The Morgan fingerprint density at radius 1 is 1.18 bits per heavy atom. The number of phenolic OH excluding ortho intramolecular Hbond substituents is 1. The Bertz CT molecular complexity index is 953. The second-order valence-corrected chi connectivity index (χ2v) is 7.31. The summed E-state index contributed by atoms with van der Waals surface area (Å²) in [5.41, 5.74) is 1.87. The third kappa shape index (κ3) is 2.99. The number of phenols is 1. The second kappa shape index (κ2) is 6.87. The van der Waals surface area contributed by atoms with Gasteiger partial charge in [0.25, 0.3) is 0 Å². The standard InChI is InChI=1S/C20H20FN5O2/c21-19-16-4-1-12(10-23-16)20(19)28-18-6-5-15(24-25-18)14-3-2-13(9-17(14)27)26-8-7-22-11-26/h2-3,5-9,11-12,16,19-20,23,27H,1,4,10H2/t12?,16?,19-,20-/m0/s1. The lowest BCUT2D eigenvalue weighted by Crippen LogP contribution is -2.61. The summed E-state index contributed by atoms with van der Waals surface area (Å²) < 4.78 is 22.1. The molecule has 6 rings (SSSR count). The maximum Gasteiger partial charge on any atom is 0.233 e. The first kappa shape index (κ1) is 17.1. The van der Waals surface area contributed by atoms with Gasteiger partial charge < -0.3 is 19.7 Å². The number of rotatable bonds is 4. The van der Waals surface area contributed by atoms with E-state index in [0.717, 1.165) is 25.1 Å². The normalized spacial score (nSPS) is 26.3. The Morgan fingerprint density at radius 3 is 2.75 bits per heavy atom. The molecule has 0 amide bonds. The van der Waals surface area contributed by atoms with Gasteiger partial charge in [0.05, 0.1) is 17.7 Å². The summed E-state index contributed by atoms with van der Waals surface area (Å²) in [6.07, 6.45) is 5.43. The molecule has 1 aliphatic carbocycles. The largest absolute Gasteiger partial charge is 0.507 e. The molecule has 2 bridgehead atoms. The van der Waals surface area contributed by atoms with Crippen molar-refractivity contribution in [2.45, 2.75) is 31.2 Å². The van der Waals surface area contributed by atoms with E-state index in [-0.39, 0.29) is 17.7 Å². The average molecular weight is 381 g/mol. The van der Waals surface area contributed by atoms with E-state index >= 15 is 0 Å². The Kier molecular flexibility index (Phi) is 4.20. The van der Waals surface area contributed by atoms with E-state index in [1.807, 2.05) is 6.07 Å². The van der Waals surface area contributed by atoms with Crippen molar-refractivity contribution >= 4 is 0 Å². The summed E-state index contributed by atoms with van der Waals surface area (Å²) in [6, 6.07) is 8.55. The van der Waals surface area contributed by atoms with Crippen LogP contribution in [0.2, 0.25) is 0 Å². The lowest BCUT2D eigenvalue weighted by atomic mass is 9.78. The first-order chi connectivity index (χ1) is 13.7. The van der Waals surface area contributed by atoms with E-state index < -0.39 is 12.3 Å². The number of ether oxygens (including phenoxy) is 1. The number of fused-ring (bicyclic) bond motifs is 3. The number of alkyl halides is 1. The lowest BCUT2D eigenvalue weighted by Gasteiger charge is -2.44. The number of benzene rings is 1. The molecule has 0 spiro atoms. The van der Waals surface area contributed by atoms with Crippen molar-refractivity contribution in [3.05, 3.63) is 49.1 Å². The monoisotopic (exact) mass is 381 g/mol. The van der Waals surface area contributed by atoms with Gasteiger partial charge in [-0.05, 0) is 31.0 Å².